The topological polar surface area (TPSA) is 52.1 Å². The molecule has 0 bridgehead atoms. The molecule has 120 valence electrons. The lowest BCUT2D eigenvalue weighted by atomic mass is 9.80. The third-order valence-corrected chi connectivity index (χ3v) is 6.95. The predicted molar refractivity (Wildman–Crippen MR) is 89.4 cm³/mol. The van der Waals surface area contributed by atoms with Crippen molar-refractivity contribution in [2.24, 2.45) is 5.92 Å². The Kier molecular flexibility index (Phi) is 5.29. The first-order chi connectivity index (χ1) is 10.7. The van der Waals surface area contributed by atoms with Crippen molar-refractivity contribution in [2.75, 3.05) is 12.9 Å². The Morgan fingerprint density at radius 2 is 2.32 bits per heavy atom. The van der Waals surface area contributed by atoms with E-state index in [2.05, 4.69) is 21.6 Å². The molecule has 0 amide bonds. The van der Waals surface area contributed by atoms with Crippen LogP contribution in [0.25, 0.3) is 0 Å². The molecular formula is C16H22N2O2S2. The summed E-state index contributed by atoms with van der Waals surface area (Å²) in [4.78, 5) is 20.2. The molecule has 6 heteroatoms. The molecular weight excluding hydrogens is 316 g/mol. The van der Waals surface area contributed by atoms with E-state index in [0.29, 0.717) is 17.6 Å². The lowest BCUT2D eigenvalue weighted by Gasteiger charge is -2.29. The Morgan fingerprint density at radius 3 is 3.14 bits per heavy atom. The lowest BCUT2D eigenvalue weighted by Crippen LogP contribution is -2.21. The van der Waals surface area contributed by atoms with Crippen molar-refractivity contribution in [3.8, 4) is 0 Å². The van der Waals surface area contributed by atoms with Crippen molar-refractivity contribution >= 4 is 29.5 Å². The van der Waals surface area contributed by atoms with Gasteiger partial charge in [-0.15, -0.1) is 23.5 Å². The summed E-state index contributed by atoms with van der Waals surface area (Å²) in [6, 6.07) is 0. The van der Waals surface area contributed by atoms with Crippen LogP contribution in [0, 0.1) is 5.92 Å². The van der Waals surface area contributed by atoms with E-state index in [9.17, 15) is 4.79 Å². The molecule has 2 aliphatic rings. The summed E-state index contributed by atoms with van der Waals surface area (Å²) in [6.45, 7) is 2.36. The summed E-state index contributed by atoms with van der Waals surface area (Å²) < 4.78 is 4.68. The van der Waals surface area contributed by atoms with Gasteiger partial charge in [0.15, 0.2) is 0 Å². The maximum atomic E-state index is 11.2. The van der Waals surface area contributed by atoms with Crippen LogP contribution in [0.4, 0.5) is 0 Å². The number of nitrogens with zero attached hydrogens (tertiary/aromatic N) is 2. The largest absolute Gasteiger partial charge is 0.469 e. The quantitative estimate of drug-likeness (QED) is 0.351. The first-order valence-electron chi connectivity index (χ1n) is 7.90. The molecule has 2 heterocycles. The first kappa shape index (κ1) is 16.1. The molecule has 4 nitrogen and oxygen atoms in total. The monoisotopic (exact) mass is 338 g/mol. The Morgan fingerprint density at radius 1 is 1.45 bits per heavy atom. The van der Waals surface area contributed by atoms with Crippen LogP contribution in [0.1, 0.15) is 50.5 Å². The van der Waals surface area contributed by atoms with Crippen molar-refractivity contribution in [1.29, 1.82) is 0 Å². The van der Waals surface area contributed by atoms with Crippen molar-refractivity contribution < 1.29 is 9.53 Å². The molecule has 1 aromatic rings. The standard InChI is InChI=1S/C16H22N2O2S2/c1-10-5-6-11-12(8-10)22-16-14(11)15(17-9-18-16)21-7-3-4-13(19)20-2/h9-12H,3-8H2,1-2H3. The fraction of sp³-hybridized carbons (Fsp3) is 0.688. The number of esters is 1. The van der Waals surface area contributed by atoms with Crippen molar-refractivity contribution in [2.45, 2.75) is 60.2 Å². The Hall–Kier alpha value is -0.750. The summed E-state index contributed by atoms with van der Waals surface area (Å²) in [6.07, 6.45) is 6.86. The molecule has 3 atom stereocenters. The van der Waals surface area contributed by atoms with E-state index >= 15 is 0 Å². The molecule has 3 unspecified atom stereocenters. The van der Waals surface area contributed by atoms with Crippen LogP contribution in [0.15, 0.2) is 16.4 Å². The molecule has 1 aromatic heterocycles. The van der Waals surface area contributed by atoms with Crippen LogP contribution in [0.3, 0.4) is 0 Å². The Labute approximate surface area is 140 Å². The highest BCUT2D eigenvalue weighted by Gasteiger charge is 2.40. The molecule has 0 radical (unpaired) electrons. The SMILES string of the molecule is COC(=O)CCCSc1ncnc2c1C1CCC(C)CC1S2. The average molecular weight is 338 g/mol. The van der Waals surface area contributed by atoms with Gasteiger partial charge in [0.1, 0.15) is 16.4 Å². The van der Waals surface area contributed by atoms with Gasteiger partial charge in [0.2, 0.25) is 0 Å². The van der Waals surface area contributed by atoms with Crippen LogP contribution >= 0.6 is 23.5 Å². The van der Waals surface area contributed by atoms with Crippen LogP contribution in [-0.2, 0) is 9.53 Å². The van der Waals surface area contributed by atoms with Crippen LogP contribution in [0.2, 0.25) is 0 Å². The zero-order valence-corrected chi connectivity index (χ0v) is 14.7. The molecule has 1 fully saturated rings. The van der Waals surface area contributed by atoms with Gasteiger partial charge >= 0.3 is 5.97 Å². The minimum Gasteiger partial charge on any atom is -0.469 e. The molecule has 1 aliphatic heterocycles. The van der Waals surface area contributed by atoms with Crippen LogP contribution in [0.5, 0.6) is 0 Å². The van der Waals surface area contributed by atoms with E-state index in [1.165, 1.54) is 37.0 Å². The van der Waals surface area contributed by atoms with Crippen LogP contribution in [-0.4, -0.2) is 34.0 Å². The zero-order valence-electron chi connectivity index (χ0n) is 13.1. The van der Waals surface area contributed by atoms with E-state index in [0.717, 1.165) is 23.1 Å². The highest BCUT2D eigenvalue weighted by molar-refractivity contribution is 8.00. The number of fused-ring (bicyclic) bond motifs is 3. The van der Waals surface area contributed by atoms with Crippen LogP contribution < -0.4 is 0 Å². The van der Waals surface area contributed by atoms with Gasteiger partial charge in [0.05, 0.1) is 7.11 Å². The Balaban J connectivity index is 1.65. The molecule has 22 heavy (non-hydrogen) atoms. The summed E-state index contributed by atoms with van der Waals surface area (Å²) in [7, 11) is 1.44. The van der Waals surface area contributed by atoms with Gasteiger partial charge in [-0.2, -0.15) is 0 Å². The van der Waals surface area contributed by atoms with Crippen molar-refractivity contribution in [3.05, 3.63) is 11.9 Å². The van der Waals surface area contributed by atoms with E-state index in [-0.39, 0.29) is 5.97 Å². The number of hydrogen-bond acceptors (Lipinski definition) is 6. The third kappa shape index (κ3) is 3.43. The minimum atomic E-state index is -0.134. The number of aromatic nitrogens is 2. The van der Waals surface area contributed by atoms with Gasteiger partial charge in [-0.3, -0.25) is 4.79 Å². The number of hydrogen-bond donors (Lipinski definition) is 0. The predicted octanol–water partition coefficient (Wildman–Crippen LogP) is 3.90. The van der Waals surface area contributed by atoms with Crippen molar-refractivity contribution in [1.82, 2.24) is 9.97 Å². The number of carbonyl (C=O) groups is 1. The molecule has 0 saturated heterocycles. The van der Waals surface area contributed by atoms with Gasteiger partial charge in [0, 0.05) is 28.9 Å². The fourth-order valence-corrected chi connectivity index (χ4v) is 6.01. The normalized spacial score (nSPS) is 26.4. The number of ether oxygens (including phenoxy) is 1. The highest BCUT2D eigenvalue weighted by atomic mass is 32.2. The molecule has 0 N–H and O–H groups in total. The molecule has 1 saturated carbocycles. The second kappa shape index (κ2) is 7.21. The van der Waals surface area contributed by atoms with Gasteiger partial charge in [-0.05, 0) is 25.2 Å². The zero-order chi connectivity index (χ0) is 15.5. The fourth-order valence-electron chi connectivity index (χ4n) is 3.31. The van der Waals surface area contributed by atoms with E-state index < -0.39 is 0 Å². The molecule has 0 aromatic carbocycles. The van der Waals surface area contributed by atoms with E-state index in [4.69, 9.17) is 0 Å². The van der Waals surface area contributed by atoms with E-state index in [1.54, 1.807) is 18.1 Å². The Bertz CT molecular complexity index is 553. The third-order valence-electron chi connectivity index (χ3n) is 4.49. The van der Waals surface area contributed by atoms with Gasteiger partial charge in [0.25, 0.3) is 0 Å². The molecule has 0 spiro atoms. The second-order valence-electron chi connectivity index (χ2n) is 6.11. The number of thioether (sulfide) groups is 2. The maximum Gasteiger partial charge on any atom is 0.305 e. The molecule has 3 rings (SSSR count). The summed E-state index contributed by atoms with van der Waals surface area (Å²) in [5.41, 5.74) is 1.38. The smallest absolute Gasteiger partial charge is 0.305 e. The summed E-state index contributed by atoms with van der Waals surface area (Å²) in [5, 5.41) is 3.00. The summed E-state index contributed by atoms with van der Waals surface area (Å²) in [5.74, 6) is 2.22. The minimum absolute atomic E-state index is 0.134. The molecule has 1 aliphatic carbocycles. The first-order valence-corrected chi connectivity index (χ1v) is 9.76. The van der Waals surface area contributed by atoms with Gasteiger partial charge in [-0.1, -0.05) is 13.3 Å². The summed E-state index contributed by atoms with van der Waals surface area (Å²) >= 11 is 3.71. The lowest BCUT2D eigenvalue weighted by molar-refractivity contribution is -0.140. The van der Waals surface area contributed by atoms with Gasteiger partial charge < -0.3 is 4.74 Å². The number of rotatable bonds is 5. The average Bonchev–Trinajstić information content (AvgIpc) is 2.89. The van der Waals surface area contributed by atoms with Gasteiger partial charge in [-0.25, -0.2) is 9.97 Å². The highest BCUT2D eigenvalue weighted by Crippen LogP contribution is 2.54. The number of methoxy groups -OCH3 is 1. The number of carbonyl (C=O) groups excluding carboxylic acids is 1. The maximum absolute atomic E-state index is 11.2. The second-order valence-corrected chi connectivity index (χ2v) is 8.42. The van der Waals surface area contributed by atoms with E-state index in [1.807, 2.05) is 11.8 Å². The van der Waals surface area contributed by atoms with Crippen molar-refractivity contribution in [3.63, 3.8) is 0 Å².